The van der Waals surface area contributed by atoms with Crippen molar-refractivity contribution >= 4 is 17.3 Å². The highest BCUT2D eigenvalue weighted by atomic mass is 16.2. The van der Waals surface area contributed by atoms with Gasteiger partial charge in [-0.25, -0.2) is 0 Å². The first-order chi connectivity index (χ1) is 13.9. The summed E-state index contributed by atoms with van der Waals surface area (Å²) < 4.78 is 0. The Morgan fingerprint density at radius 2 is 1.76 bits per heavy atom. The van der Waals surface area contributed by atoms with Gasteiger partial charge in [0.2, 0.25) is 5.91 Å². The lowest BCUT2D eigenvalue weighted by Crippen LogP contribution is -2.68. The highest BCUT2D eigenvalue weighted by Gasteiger charge is 2.57. The molecule has 3 aliphatic rings. The molecule has 1 amide bonds. The van der Waals surface area contributed by atoms with Crippen molar-refractivity contribution in [2.75, 3.05) is 23.4 Å². The third-order valence-electron chi connectivity index (χ3n) is 7.49. The van der Waals surface area contributed by atoms with Gasteiger partial charge < -0.3 is 15.1 Å². The monoisotopic (exact) mass is 387 g/mol. The van der Waals surface area contributed by atoms with Crippen LogP contribution in [-0.4, -0.2) is 31.2 Å². The second-order valence-corrected chi connectivity index (χ2v) is 9.15. The molecule has 3 heterocycles. The third kappa shape index (κ3) is 2.35. The fourth-order valence-electron chi connectivity index (χ4n) is 5.64. The lowest BCUT2D eigenvalue weighted by molar-refractivity contribution is -0.124. The minimum atomic E-state index is -0.540. The minimum absolute atomic E-state index is 0.128. The number of carbonyl (C=O) groups is 1. The first-order valence-electron chi connectivity index (χ1n) is 10.6. The third-order valence-corrected chi connectivity index (χ3v) is 7.49. The van der Waals surface area contributed by atoms with E-state index < -0.39 is 5.66 Å². The fourth-order valence-corrected chi connectivity index (χ4v) is 5.64. The summed E-state index contributed by atoms with van der Waals surface area (Å²) in [5.41, 5.74) is 4.41. The lowest BCUT2D eigenvalue weighted by atomic mass is 9.74. The summed E-state index contributed by atoms with van der Waals surface area (Å²) in [4.78, 5) is 17.3. The maximum absolute atomic E-state index is 12.6. The van der Waals surface area contributed by atoms with E-state index in [0.29, 0.717) is 18.4 Å². The van der Waals surface area contributed by atoms with Gasteiger partial charge in [0.1, 0.15) is 5.66 Å². The maximum Gasteiger partial charge on any atom is 0.223 e. The zero-order valence-electron chi connectivity index (χ0n) is 17.6. The quantitative estimate of drug-likeness (QED) is 0.786. The van der Waals surface area contributed by atoms with Crippen LogP contribution in [0.4, 0.5) is 11.4 Å². The number of likely N-dealkylation sites (N-methyl/N-ethyl adjacent to an activating group) is 1. The van der Waals surface area contributed by atoms with Crippen molar-refractivity contribution in [2.24, 2.45) is 0 Å². The van der Waals surface area contributed by atoms with Crippen LogP contribution < -0.4 is 15.1 Å². The summed E-state index contributed by atoms with van der Waals surface area (Å²) in [7, 11) is 2.17. The van der Waals surface area contributed by atoms with Crippen LogP contribution in [0, 0.1) is 0 Å². The van der Waals surface area contributed by atoms with Gasteiger partial charge in [-0.15, -0.1) is 0 Å². The molecule has 5 rings (SSSR count). The average Bonchev–Trinajstić information content (AvgIpc) is 3.07. The van der Waals surface area contributed by atoms with E-state index in [1.54, 1.807) is 0 Å². The zero-order valence-corrected chi connectivity index (χ0v) is 17.6. The maximum atomic E-state index is 12.6. The molecule has 0 saturated carbocycles. The molecule has 0 aromatic heterocycles. The van der Waals surface area contributed by atoms with Gasteiger partial charge in [0.25, 0.3) is 0 Å². The molecule has 1 saturated heterocycles. The van der Waals surface area contributed by atoms with E-state index in [-0.39, 0.29) is 11.3 Å². The molecule has 0 bridgehead atoms. The van der Waals surface area contributed by atoms with Crippen molar-refractivity contribution in [3.05, 3.63) is 71.8 Å². The standard InChI is InChI=1S/C25H29N3O/c1-17-18(19-9-5-7-11-21(19)27(17)4)13-15-25-24(2,3)20-10-6-8-12-22(20)28(25)16-14-23(29)26-25/h5-13,15,17-18H,14,16H2,1-4H3,(H,26,29). The number of carbonyl (C=O) groups excluding carboxylic acids is 1. The second-order valence-electron chi connectivity index (χ2n) is 9.15. The molecule has 3 aliphatic heterocycles. The molecule has 0 spiro atoms. The molecule has 2 aromatic rings. The summed E-state index contributed by atoms with van der Waals surface area (Å²) in [6.07, 6.45) is 5.14. The van der Waals surface area contributed by atoms with Crippen LogP contribution in [0.5, 0.6) is 0 Å². The van der Waals surface area contributed by atoms with Crippen LogP contribution >= 0.6 is 0 Å². The van der Waals surface area contributed by atoms with E-state index in [0.717, 1.165) is 6.54 Å². The first kappa shape index (κ1) is 18.3. The molecule has 4 heteroatoms. The zero-order chi connectivity index (χ0) is 20.4. The molecule has 0 radical (unpaired) electrons. The topological polar surface area (TPSA) is 35.6 Å². The number of amides is 1. The molecule has 2 aromatic carbocycles. The number of nitrogens with zero attached hydrogens (tertiary/aromatic N) is 2. The number of anilines is 2. The van der Waals surface area contributed by atoms with Gasteiger partial charge in [0.05, 0.1) is 0 Å². The summed E-state index contributed by atoms with van der Waals surface area (Å²) in [6.45, 7) is 7.52. The Morgan fingerprint density at radius 3 is 2.55 bits per heavy atom. The molecule has 1 fully saturated rings. The second kappa shape index (κ2) is 6.12. The number of para-hydroxylation sites is 2. The molecule has 4 nitrogen and oxygen atoms in total. The van der Waals surface area contributed by atoms with Crippen molar-refractivity contribution in [2.45, 2.75) is 50.2 Å². The largest absolute Gasteiger partial charge is 0.371 e. The van der Waals surface area contributed by atoms with Crippen LogP contribution in [0.15, 0.2) is 60.7 Å². The fraction of sp³-hybridized carbons (Fsp3) is 0.400. The van der Waals surface area contributed by atoms with Crippen molar-refractivity contribution in [3.63, 3.8) is 0 Å². The van der Waals surface area contributed by atoms with Crippen LogP contribution in [0.1, 0.15) is 44.2 Å². The highest BCUT2D eigenvalue weighted by molar-refractivity contribution is 5.84. The summed E-state index contributed by atoms with van der Waals surface area (Å²) in [5, 5.41) is 3.39. The molecular formula is C25H29N3O. The Labute approximate surface area is 173 Å². The van der Waals surface area contributed by atoms with E-state index in [1.807, 2.05) is 0 Å². The predicted molar refractivity (Wildman–Crippen MR) is 118 cm³/mol. The van der Waals surface area contributed by atoms with Gasteiger partial charge in [0, 0.05) is 48.8 Å². The Morgan fingerprint density at radius 1 is 1.07 bits per heavy atom. The number of nitrogens with one attached hydrogen (secondary N) is 1. The van der Waals surface area contributed by atoms with Crippen LogP contribution in [-0.2, 0) is 10.2 Å². The van der Waals surface area contributed by atoms with Gasteiger partial charge in [-0.3, -0.25) is 4.79 Å². The summed E-state index contributed by atoms with van der Waals surface area (Å²) >= 11 is 0. The van der Waals surface area contributed by atoms with E-state index in [1.165, 1.54) is 22.5 Å². The van der Waals surface area contributed by atoms with Crippen molar-refractivity contribution in [1.29, 1.82) is 0 Å². The Bertz CT molecular complexity index is 1010. The van der Waals surface area contributed by atoms with Crippen molar-refractivity contribution in [1.82, 2.24) is 5.32 Å². The molecule has 3 atom stereocenters. The number of hydrogen-bond donors (Lipinski definition) is 1. The number of hydrogen-bond acceptors (Lipinski definition) is 3. The normalized spacial score (nSPS) is 29.6. The summed E-state index contributed by atoms with van der Waals surface area (Å²) in [5.74, 6) is 0.425. The van der Waals surface area contributed by atoms with Crippen LogP contribution in [0.25, 0.3) is 0 Å². The first-order valence-corrected chi connectivity index (χ1v) is 10.6. The van der Waals surface area contributed by atoms with Crippen molar-refractivity contribution in [3.8, 4) is 0 Å². The van der Waals surface area contributed by atoms with Gasteiger partial charge in [0.15, 0.2) is 0 Å². The Kier molecular flexibility index (Phi) is 3.86. The number of benzene rings is 2. The number of rotatable bonds is 2. The van der Waals surface area contributed by atoms with E-state index >= 15 is 0 Å². The van der Waals surface area contributed by atoms with E-state index in [4.69, 9.17) is 0 Å². The average molecular weight is 388 g/mol. The van der Waals surface area contributed by atoms with Crippen molar-refractivity contribution < 1.29 is 4.79 Å². The lowest BCUT2D eigenvalue weighted by Gasteiger charge is -2.49. The molecule has 29 heavy (non-hydrogen) atoms. The Hall–Kier alpha value is -2.75. The predicted octanol–water partition coefficient (Wildman–Crippen LogP) is 4.18. The van der Waals surface area contributed by atoms with Gasteiger partial charge in [-0.1, -0.05) is 56.3 Å². The molecule has 3 unspecified atom stereocenters. The van der Waals surface area contributed by atoms with Crippen LogP contribution in [0.2, 0.25) is 0 Å². The smallest absolute Gasteiger partial charge is 0.223 e. The van der Waals surface area contributed by atoms with Gasteiger partial charge in [-0.2, -0.15) is 0 Å². The molecule has 150 valence electrons. The van der Waals surface area contributed by atoms with Gasteiger partial charge >= 0.3 is 0 Å². The summed E-state index contributed by atoms with van der Waals surface area (Å²) in [6, 6.07) is 17.6. The van der Waals surface area contributed by atoms with E-state index in [9.17, 15) is 4.79 Å². The number of fused-ring (bicyclic) bond motifs is 4. The SMILES string of the molecule is CC1C(C=CC23NC(=O)CCN2c2ccccc2C3(C)C)c2ccccc2N1C. The highest BCUT2D eigenvalue weighted by Crippen LogP contribution is 2.52. The minimum Gasteiger partial charge on any atom is -0.371 e. The van der Waals surface area contributed by atoms with Crippen LogP contribution in [0.3, 0.4) is 0 Å². The Balaban J connectivity index is 1.61. The molecule has 1 N–H and O–H groups in total. The van der Waals surface area contributed by atoms with Gasteiger partial charge in [-0.05, 0) is 36.3 Å². The van der Waals surface area contributed by atoms with E-state index in [2.05, 4.69) is 104 Å². The molecular weight excluding hydrogens is 358 g/mol. The molecule has 0 aliphatic carbocycles.